The van der Waals surface area contributed by atoms with Crippen LogP contribution in [0.2, 0.25) is 5.02 Å². The number of nitrogens with zero attached hydrogens (tertiary/aromatic N) is 1. The maximum atomic E-state index is 14.1. The summed E-state index contributed by atoms with van der Waals surface area (Å²) in [5.41, 5.74) is -2.87. The molecule has 2 heterocycles. The summed E-state index contributed by atoms with van der Waals surface area (Å²) in [5.74, 6) is -3.43. The number of hydrogen-bond acceptors (Lipinski definition) is 6. The van der Waals surface area contributed by atoms with E-state index in [1.807, 2.05) is 6.07 Å². The van der Waals surface area contributed by atoms with Crippen molar-refractivity contribution in [1.82, 2.24) is 4.98 Å². The Balaban J connectivity index is 1.89. The molecule has 1 aliphatic carbocycles. The van der Waals surface area contributed by atoms with E-state index >= 15 is 0 Å². The van der Waals surface area contributed by atoms with Gasteiger partial charge in [0.2, 0.25) is 11.4 Å². The monoisotopic (exact) mass is 513 g/mol. The fraction of sp³-hybridized carbons (Fsp3) is 0.208. The van der Waals surface area contributed by atoms with Gasteiger partial charge in [0.25, 0.3) is 0 Å². The van der Waals surface area contributed by atoms with Crippen LogP contribution >= 0.6 is 27.5 Å². The van der Waals surface area contributed by atoms with Crippen LogP contribution in [0.5, 0.6) is 5.75 Å². The van der Waals surface area contributed by atoms with Crippen LogP contribution in [0.4, 0.5) is 0 Å². The van der Waals surface area contributed by atoms with Crippen molar-refractivity contribution in [2.45, 2.75) is 17.1 Å². The average molecular weight is 515 g/mol. The Hall–Kier alpha value is -2.74. The summed E-state index contributed by atoms with van der Waals surface area (Å²) in [6, 6.07) is 17.6. The van der Waals surface area contributed by atoms with Gasteiger partial charge in [-0.2, -0.15) is 0 Å². The third-order valence-electron chi connectivity index (χ3n) is 6.24. The molecule has 1 saturated carbocycles. The van der Waals surface area contributed by atoms with Gasteiger partial charge in [-0.05, 0) is 17.7 Å². The molecule has 3 aromatic rings. The largest absolute Gasteiger partial charge is 0.472 e. The molecule has 0 radical (unpaired) electrons. The maximum Gasteiger partial charge on any atom is 0.313 e. The van der Waals surface area contributed by atoms with E-state index < -0.39 is 34.8 Å². The van der Waals surface area contributed by atoms with Crippen molar-refractivity contribution in [2.24, 2.45) is 5.92 Å². The number of carbonyl (C=O) groups excluding carboxylic acids is 2. The molecular weight excluding hydrogens is 498 g/mol. The first-order valence-electron chi connectivity index (χ1n) is 9.85. The number of ketones is 1. The number of pyridine rings is 1. The van der Waals surface area contributed by atoms with Gasteiger partial charge in [0.05, 0.1) is 18.1 Å². The van der Waals surface area contributed by atoms with E-state index in [0.29, 0.717) is 11.1 Å². The quantitative estimate of drug-likeness (QED) is 0.529. The fourth-order valence-corrected chi connectivity index (χ4v) is 5.36. The average Bonchev–Trinajstić information content (AvgIpc) is 2.93. The van der Waals surface area contributed by atoms with Crippen molar-refractivity contribution in [3.63, 3.8) is 0 Å². The molecule has 0 saturated heterocycles. The Kier molecular flexibility index (Phi) is 4.89. The molecule has 1 fully saturated rings. The molecule has 5 rings (SSSR count). The number of ether oxygens (including phenoxy) is 2. The Bertz CT molecular complexity index is 1230. The minimum Gasteiger partial charge on any atom is -0.472 e. The number of carbonyl (C=O) groups is 2. The molecule has 2 unspecified atom stereocenters. The number of methoxy groups -OCH3 is 1. The summed E-state index contributed by atoms with van der Waals surface area (Å²) >= 11 is 9.57. The van der Waals surface area contributed by atoms with Gasteiger partial charge in [-0.15, -0.1) is 0 Å². The smallest absolute Gasteiger partial charge is 0.313 e. The second-order valence-corrected chi connectivity index (χ2v) is 9.18. The van der Waals surface area contributed by atoms with Crippen LogP contribution < -0.4 is 4.74 Å². The Morgan fingerprint density at radius 1 is 1.19 bits per heavy atom. The highest BCUT2D eigenvalue weighted by atomic mass is 79.9. The molecule has 0 amide bonds. The van der Waals surface area contributed by atoms with Crippen LogP contribution in [-0.4, -0.2) is 29.0 Å². The SMILES string of the molecule is COC(=O)C1C(c2ccccc2)[C@]2(c3ccc(Br)cc3)Oc3cc(Cl)cnc3[C@@]1(O)C2=O. The van der Waals surface area contributed by atoms with Gasteiger partial charge in [-0.25, -0.2) is 0 Å². The first kappa shape index (κ1) is 21.1. The number of halogens is 2. The minimum atomic E-state index is -2.27. The molecule has 4 atom stereocenters. The van der Waals surface area contributed by atoms with Crippen LogP contribution in [0.1, 0.15) is 22.7 Å². The van der Waals surface area contributed by atoms with Crippen LogP contribution in [0.15, 0.2) is 71.3 Å². The molecular formula is C24H17BrClNO5. The van der Waals surface area contributed by atoms with Crippen LogP contribution in [0.25, 0.3) is 0 Å². The van der Waals surface area contributed by atoms with Crippen molar-refractivity contribution in [3.8, 4) is 5.75 Å². The van der Waals surface area contributed by atoms with E-state index in [1.54, 1.807) is 48.5 Å². The summed E-state index contributed by atoms with van der Waals surface area (Å²) < 4.78 is 12.3. The molecule has 1 aromatic heterocycles. The van der Waals surface area contributed by atoms with Crippen molar-refractivity contribution in [3.05, 3.63) is 93.2 Å². The lowest BCUT2D eigenvalue weighted by Gasteiger charge is -2.38. The number of fused-ring (bicyclic) bond motifs is 4. The molecule has 2 bridgehead atoms. The highest BCUT2D eigenvalue weighted by Gasteiger charge is 2.77. The first-order valence-corrected chi connectivity index (χ1v) is 11.0. The second kappa shape index (κ2) is 7.40. The standard InChI is InChI=1S/C24H17BrClNO5/c1-31-21(28)19-18(13-5-3-2-4-6-13)24(14-7-9-15(25)10-8-14)22(29)23(19,30)20-17(32-24)11-16(26)12-27-20/h2-12,18-19,30H,1H3/t18?,19?,23-,24+/m1/s1. The van der Waals surface area contributed by atoms with Gasteiger partial charge in [0.1, 0.15) is 17.4 Å². The number of hydrogen-bond donors (Lipinski definition) is 1. The molecule has 162 valence electrons. The summed E-state index contributed by atoms with van der Waals surface area (Å²) in [6.07, 6.45) is 1.31. The van der Waals surface area contributed by atoms with Crippen molar-refractivity contribution in [1.29, 1.82) is 0 Å². The molecule has 1 N–H and O–H groups in total. The van der Waals surface area contributed by atoms with Gasteiger partial charge in [-0.1, -0.05) is 70.0 Å². The zero-order chi connectivity index (χ0) is 22.7. The highest BCUT2D eigenvalue weighted by molar-refractivity contribution is 9.10. The fourth-order valence-electron chi connectivity index (χ4n) is 4.95. The highest BCUT2D eigenvalue weighted by Crippen LogP contribution is 2.64. The summed E-state index contributed by atoms with van der Waals surface area (Å²) in [7, 11) is 1.23. The van der Waals surface area contributed by atoms with Crippen LogP contribution in [-0.2, 0) is 25.5 Å². The Labute approximate surface area is 197 Å². The molecule has 0 spiro atoms. The maximum absolute atomic E-state index is 14.1. The van der Waals surface area contributed by atoms with Crippen molar-refractivity contribution < 1.29 is 24.2 Å². The molecule has 2 aromatic carbocycles. The zero-order valence-corrected chi connectivity index (χ0v) is 19.1. The second-order valence-electron chi connectivity index (χ2n) is 7.83. The number of benzene rings is 2. The lowest BCUT2D eigenvalue weighted by Crippen LogP contribution is -2.51. The van der Waals surface area contributed by atoms with Crippen LogP contribution in [0.3, 0.4) is 0 Å². The number of rotatable bonds is 3. The van der Waals surface area contributed by atoms with E-state index in [2.05, 4.69) is 20.9 Å². The van der Waals surface area contributed by atoms with Gasteiger partial charge >= 0.3 is 5.97 Å². The molecule has 32 heavy (non-hydrogen) atoms. The van der Waals surface area contributed by atoms with Crippen molar-refractivity contribution >= 4 is 39.3 Å². The predicted octanol–water partition coefficient (Wildman–Crippen LogP) is 4.13. The van der Waals surface area contributed by atoms with Gasteiger partial charge in [-0.3, -0.25) is 14.6 Å². The number of esters is 1. The number of aromatic nitrogens is 1. The zero-order valence-electron chi connectivity index (χ0n) is 16.8. The van der Waals surface area contributed by atoms with Crippen molar-refractivity contribution in [2.75, 3.05) is 7.11 Å². The lowest BCUT2D eigenvalue weighted by molar-refractivity contribution is -0.163. The van der Waals surface area contributed by atoms with E-state index in [4.69, 9.17) is 21.1 Å². The van der Waals surface area contributed by atoms with Crippen LogP contribution in [0, 0.1) is 5.92 Å². The summed E-state index contributed by atoms with van der Waals surface area (Å²) in [4.78, 5) is 31.5. The van der Waals surface area contributed by atoms with E-state index in [-0.39, 0.29) is 16.5 Å². The molecule has 8 heteroatoms. The molecule has 6 nitrogen and oxygen atoms in total. The Morgan fingerprint density at radius 2 is 1.88 bits per heavy atom. The molecule has 2 aliphatic rings. The van der Waals surface area contributed by atoms with E-state index in [0.717, 1.165) is 4.47 Å². The number of aliphatic hydroxyl groups is 1. The van der Waals surface area contributed by atoms with Gasteiger partial charge < -0.3 is 14.6 Å². The first-order chi connectivity index (χ1) is 15.3. The predicted molar refractivity (Wildman–Crippen MR) is 119 cm³/mol. The van der Waals surface area contributed by atoms with E-state index in [9.17, 15) is 14.7 Å². The topological polar surface area (TPSA) is 85.7 Å². The third-order valence-corrected chi connectivity index (χ3v) is 6.98. The van der Waals surface area contributed by atoms with E-state index in [1.165, 1.54) is 19.4 Å². The normalized spacial score (nSPS) is 28.1. The van der Waals surface area contributed by atoms with Gasteiger partial charge in [0, 0.05) is 22.3 Å². The number of Topliss-reactive ketones (excluding diaryl/α,β-unsaturated/α-hetero) is 1. The summed E-state index contributed by atoms with van der Waals surface area (Å²) in [5, 5.41) is 12.2. The summed E-state index contributed by atoms with van der Waals surface area (Å²) in [6.45, 7) is 0. The third kappa shape index (κ3) is 2.71. The lowest BCUT2D eigenvalue weighted by atomic mass is 9.75. The van der Waals surface area contributed by atoms with Gasteiger partial charge in [0.15, 0.2) is 5.60 Å². The minimum absolute atomic E-state index is 0.0477. The Morgan fingerprint density at radius 3 is 2.53 bits per heavy atom. The molecule has 1 aliphatic heterocycles.